The molecule has 0 N–H and O–H groups in total. The number of hydrogen-bond acceptors (Lipinski definition) is 5. The summed E-state index contributed by atoms with van der Waals surface area (Å²) in [4.78, 5) is 30.4. The average molecular weight is 432 g/mol. The van der Waals surface area contributed by atoms with Gasteiger partial charge in [-0.25, -0.2) is 9.48 Å². The second-order valence-corrected chi connectivity index (χ2v) is 9.30. The van der Waals surface area contributed by atoms with Crippen molar-refractivity contribution in [2.75, 3.05) is 0 Å². The highest BCUT2D eigenvalue weighted by atomic mass is 16.5. The lowest BCUT2D eigenvalue weighted by molar-refractivity contribution is 0.0718. The minimum absolute atomic E-state index is 0.0132. The van der Waals surface area contributed by atoms with E-state index in [4.69, 9.17) is 4.74 Å². The number of esters is 1. The van der Waals surface area contributed by atoms with Crippen LogP contribution in [0.25, 0.3) is 0 Å². The summed E-state index contributed by atoms with van der Waals surface area (Å²) < 4.78 is 7.11. The Morgan fingerprint density at radius 3 is 2.50 bits per heavy atom. The number of carbonyl (C=O) groups excluding carboxylic acids is 2. The molecule has 1 aliphatic rings. The van der Waals surface area contributed by atoms with E-state index in [1.807, 2.05) is 13.0 Å². The predicted molar refractivity (Wildman–Crippen MR) is 122 cm³/mol. The molecule has 0 radical (unpaired) electrons. The fraction of sp³-hybridized carbons (Fsp3) is 0.385. The van der Waals surface area contributed by atoms with Crippen LogP contribution in [0, 0.1) is 20.8 Å². The molecule has 0 aliphatic heterocycles. The highest BCUT2D eigenvalue weighted by molar-refractivity contribution is 6.13. The van der Waals surface area contributed by atoms with Crippen molar-refractivity contribution >= 4 is 11.8 Å². The number of rotatable bonds is 4. The Labute approximate surface area is 188 Å². The largest absolute Gasteiger partial charge is 0.403 e. The number of aromatic nitrogens is 3. The number of ketones is 1. The minimum Gasteiger partial charge on any atom is -0.403 e. The molecule has 0 spiro atoms. The number of pyridine rings is 1. The van der Waals surface area contributed by atoms with Crippen LogP contribution in [0.2, 0.25) is 0 Å². The summed E-state index contributed by atoms with van der Waals surface area (Å²) in [7, 11) is 1.67. The maximum atomic E-state index is 13.8. The minimum atomic E-state index is -0.552. The molecule has 0 bridgehead atoms. The van der Waals surface area contributed by atoms with Crippen LogP contribution in [0.1, 0.15) is 80.9 Å². The van der Waals surface area contributed by atoms with Crippen molar-refractivity contribution in [3.8, 4) is 5.88 Å². The molecule has 0 saturated carbocycles. The highest BCUT2D eigenvalue weighted by Crippen LogP contribution is 2.42. The molecule has 0 amide bonds. The summed E-state index contributed by atoms with van der Waals surface area (Å²) in [5.74, 6) is -0.565. The zero-order chi connectivity index (χ0) is 23.2. The number of hydrogen-bond donors (Lipinski definition) is 0. The van der Waals surface area contributed by atoms with Gasteiger partial charge in [0.2, 0.25) is 11.7 Å². The lowest BCUT2D eigenvalue weighted by atomic mass is 9.68. The molecule has 3 aromatic rings. The van der Waals surface area contributed by atoms with Gasteiger partial charge >= 0.3 is 5.97 Å². The SMILES string of the molecule is Cc1cc(C(=O)c2c(C)nn(C)c2OC(=O)c2ccncc2)c(C)c2c1CCCC2(C)C. The molecule has 6 nitrogen and oxygen atoms in total. The van der Waals surface area contributed by atoms with Gasteiger partial charge in [0.15, 0.2) is 0 Å². The number of fused-ring (bicyclic) bond motifs is 1. The first-order valence-electron chi connectivity index (χ1n) is 11.0. The third-order valence-corrected chi connectivity index (χ3v) is 6.57. The molecule has 0 saturated heterocycles. The Morgan fingerprint density at radius 2 is 1.81 bits per heavy atom. The Morgan fingerprint density at radius 1 is 1.12 bits per heavy atom. The summed E-state index contributed by atoms with van der Waals surface area (Å²) in [6, 6.07) is 5.14. The van der Waals surface area contributed by atoms with Gasteiger partial charge in [0, 0.05) is 25.0 Å². The molecular formula is C26H29N3O3. The summed E-state index contributed by atoms with van der Waals surface area (Å²) >= 11 is 0. The smallest absolute Gasteiger partial charge is 0.344 e. The summed E-state index contributed by atoms with van der Waals surface area (Å²) in [5.41, 5.74) is 6.67. The van der Waals surface area contributed by atoms with E-state index < -0.39 is 5.97 Å². The molecule has 6 heteroatoms. The van der Waals surface area contributed by atoms with Crippen LogP contribution in [-0.2, 0) is 18.9 Å². The molecule has 32 heavy (non-hydrogen) atoms. The maximum Gasteiger partial charge on any atom is 0.344 e. The fourth-order valence-electron chi connectivity index (χ4n) is 5.06. The Hall–Kier alpha value is -3.28. The Bertz CT molecular complexity index is 1220. The van der Waals surface area contributed by atoms with E-state index in [1.165, 1.54) is 28.2 Å². The monoisotopic (exact) mass is 431 g/mol. The third-order valence-electron chi connectivity index (χ3n) is 6.57. The van der Waals surface area contributed by atoms with Gasteiger partial charge in [-0.15, -0.1) is 0 Å². The molecule has 1 aromatic carbocycles. The van der Waals surface area contributed by atoms with E-state index in [1.54, 1.807) is 26.1 Å². The zero-order valence-electron chi connectivity index (χ0n) is 19.6. The normalized spacial score (nSPS) is 14.7. The lowest BCUT2D eigenvalue weighted by Crippen LogP contribution is -2.27. The number of aryl methyl sites for hydroxylation is 3. The van der Waals surface area contributed by atoms with Gasteiger partial charge in [-0.2, -0.15) is 5.10 Å². The van der Waals surface area contributed by atoms with Crippen molar-refractivity contribution < 1.29 is 14.3 Å². The molecule has 4 rings (SSSR count). The molecule has 0 atom stereocenters. The number of ether oxygens (including phenoxy) is 1. The summed E-state index contributed by atoms with van der Waals surface area (Å²) in [6.07, 6.45) is 6.35. The average Bonchev–Trinajstić information content (AvgIpc) is 3.02. The zero-order valence-corrected chi connectivity index (χ0v) is 19.6. The molecule has 1 aliphatic carbocycles. The van der Waals surface area contributed by atoms with E-state index in [0.717, 1.165) is 30.4 Å². The topological polar surface area (TPSA) is 74.1 Å². The van der Waals surface area contributed by atoms with E-state index in [9.17, 15) is 9.59 Å². The first kappa shape index (κ1) is 21.9. The quantitative estimate of drug-likeness (QED) is 0.438. The van der Waals surface area contributed by atoms with Crippen LogP contribution in [0.4, 0.5) is 0 Å². The molecule has 2 aromatic heterocycles. The standard InChI is InChI=1S/C26H29N3O3/c1-15-14-20(16(2)22-19(15)8-7-11-26(22,4)5)23(30)21-17(3)28-29(6)24(21)32-25(31)18-9-12-27-13-10-18/h9-10,12-14H,7-8,11H2,1-6H3. The highest BCUT2D eigenvalue weighted by Gasteiger charge is 2.34. The second-order valence-electron chi connectivity index (χ2n) is 9.30. The van der Waals surface area contributed by atoms with E-state index in [2.05, 4.69) is 30.9 Å². The lowest BCUT2D eigenvalue weighted by Gasteiger charge is -2.36. The summed E-state index contributed by atoms with van der Waals surface area (Å²) in [5, 5.41) is 4.38. The van der Waals surface area contributed by atoms with Gasteiger partial charge in [0.05, 0.1) is 11.3 Å². The van der Waals surface area contributed by atoms with E-state index >= 15 is 0 Å². The third kappa shape index (κ3) is 3.64. The van der Waals surface area contributed by atoms with Crippen molar-refractivity contribution in [3.05, 3.63) is 75.2 Å². The van der Waals surface area contributed by atoms with Gasteiger partial charge in [-0.1, -0.05) is 13.8 Å². The van der Waals surface area contributed by atoms with Crippen LogP contribution >= 0.6 is 0 Å². The van der Waals surface area contributed by atoms with Gasteiger partial charge in [-0.05, 0) is 85.9 Å². The van der Waals surface area contributed by atoms with Gasteiger partial charge in [0.1, 0.15) is 5.56 Å². The van der Waals surface area contributed by atoms with Crippen LogP contribution < -0.4 is 4.74 Å². The van der Waals surface area contributed by atoms with Crippen molar-refractivity contribution in [2.24, 2.45) is 7.05 Å². The number of carbonyl (C=O) groups is 2. The molecule has 166 valence electrons. The van der Waals surface area contributed by atoms with Crippen molar-refractivity contribution in [2.45, 2.75) is 59.3 Å². The molecule has 0 unspecified atom stereocenters. The molecule has 2 heterocycles. The molecule has 0 fully saturated rings. The number of benzene rings is 1. The first-order chi connectivity index (χ1) is 15.1. The number of nitrogens with zero attached hydrogens (tertiary/aromatic N) is 3. The Balaban J connectivity index is 1.80. The van der Waals surface area contributed by atoms with Crippen LogP contribution in [0.5, 0.6) is 5.88 Å². The Kier molecular flexibility index (Phi) is 5.49. The van der Waals surface area contributed by atoms with E-state index in [0.29, 0.717) is 22.4 Å². The van der Waals surface area contributed by atoms with Crippen molar-refractivity contribution in [1.29, 1.82) is 0 Å². The van der Waals surface area contributed by atoms with Gasteiger partial charge in [-0.3, -0.25) is 9.78 Å². The summed E-state index contributed by atoms with van der Waals surface area (Å²) in [6.45, 7) is 10.4. The van der Waals surface area contributed by atoms with Crippen LogP contribution in [0.3, 0.4) is 0 Å². The van der Waals surface area contributed by atoms with Gasteiger partial charge < -0.3 is 4.74 Å². The van der Waals surface area contributed by atoms with E-state index in [-0.39, 0.29) is 17.1 Å². The van der Waals surface area contributed by atoms with Gasteiger partial charge in [0.25, 0.3) is 0 Å². The predicted octanol–water partition coefficient (Wildman–Crippen LogP) is 4.80. The second kappa shape index (κ2) is 8.01. The van der Waals surface area contributed by atoms with Crippen molar-refractivity contribution in [1.82, 2.24) is 14.8 Å². The first-order valence-corrected chi connectivity index (χ1v) is 11.0. The van der Waals surface area contributed by atoms with Crippen LogP contribution in [-0.4, -0.2) is 26.5 Å². The maximum absolute atomic E-state index is 13.8. The van der Waals surface area contributed by atoms with Crippen molar-refractivity contribution in [3.63, 3.8) is 0 Å². The molecular weight excluding hydrogens is 402 g/mol. The fourth-order valence-corrected chi connectivity index (χ4v) is 5.06. The van der Waals surface area contributed by atoms with Crippen LogP contribution in [0.15, 0.2) is 30.6 Å².